The van der Waals surface area contributed by atoms with Crippen molar-refractivity contribution in [3.8, 4) is 11.5 Å². The Balaban J connectivity index is 2.34. The lowest BCUT2D eigenvalue weighted by atomic mass is 10.3. The minimum atomic E-state index is -0.0833. The van der Waals surface area contributed by atoms with Crippen LogP contribution < -0.4 is 10.5 Å². The molecule has 3 N–H and O–H groups in total. The number of rotatable bonds is 3. The molecule has 0 amide bonds. The lowest BCUT2D eigenvalue weighted by Gasteiger charge is -2.06. The fraction of sp³-hybridized carbons (Fsp3) is 0.250. The van der Waals surface area contributed by atoms with Gasteiger partial charge in [-0.2, -0.15) is 5.10 Å². The molecule has 0 aliphatic rings. The summed E-state index contributed by atoms with van der Waals surface area (Å²) in [5.74, 6) is 1.23. The molecule has 6 nitrogen and oxygen atoms in total. The van der Waals surface area contributed by atoms with Crippen LogP contribution in [0.1, 0.15) is 17.1 Å². The second-order valence-corrected chi connectivity index (χ2v) is 4.02. The molecule has 0 atom stereocenters. The van der Waals surface area contributed by atoms with Gasteiger partial charge in [0.1, 0.15) is 23.0 Å². The van der Waals surface area contributed by atoms with E-state index in [1.54, 1.807) is 23.0 Å². The molecule has 94 valence electrons. The minimum absolute atomic E-state index is 0.0833. The highest BCUT2D eigenvalue weighted by molar-refractivity contribution is 5.93. The Morgan fingerprint density at radius 2 is 2.17 bits per heavy atom. The van der Waals surface area contributed by atoms with Gasteiger partial charge in [0.2, 0.25) is 0 Å². The Bertz CT molecular complexity index is 603. The maximum atomic E-state index is 7.34. The first-order chi connectivity index (χ1) is 8.49. The SMILES string of the molecule is Cc1nn(C)c(C)c1Oc1ccnc(C(=N)N)c1. The van der Waals surface area contributed by atoms with Crippen LogP contribution in [0.3, 0.4) is 0 Å². The third-order valence-electron chi connectivity index (χ3n) is 2.67. The van der Waals surface area contributed by atoms with E-state index in [0.29, 0.717) is 11.4 Å². The molecular formula is C12H15N5O. The fourth-order valence-electron chi connectivity index (χ4n) is 1.64. The number of amidine groups is 1. The van der Waals surface area contributed by atoms with Gasteiger partial charge < -0.3 is 10.5 Å². The van der Waals surface area contributed by atoms with Crippen molar-refractivity contribution in [1.29, 1.82) is 5.41 Å². The number of ether oxygens (including phenoxy) is 1. The van der Waals surface area contributed by atoms with Crippen LogP contribution in [0.25, 0.3) is 0 Å². The molecule has 2 heterocycles. The van der Waals surface area contributed by atoms with Gasteiger partial charge >= 0.3 is 0 Å². The number of aryl methyl sites for hydroxylation is 2. The van der Waals surface area contributed by atoms with Gasteiger partial charge in [0.25, 0.3) is 0 Å². The van der Waals surface area contributed by atoms with E-state index in [4.69, 9.17) is 15.9 Å². The summed E-state index contributed by atoms with van der Waals surface area (Å²) in [7, 11) is 1.86. The number of nitrogens with zero attached hydrogens (tertiary/aromatic N) is 3. The Morgan fingerprint density at radius 3 is 2.72 bits per heavy atom. The van der Waals surface area contributed by atoms with E-state index in [9.17, 15) is 0 Å². The van der Waals surface area contributed by atoms with Crippen molar-refractivity contribution in [2.75, 3.05) is 0 Å². The molecule has 0 saturated carbocycles. The highest BCUT2D eigenvalue weighted by Gasteiger charge is 2.12. The summed E-state index contributed by atoms with van der Waals surface area (Å²) in [4.78, 5) is 3.98. The van der Waals surface area contributed by atoms with Crippen molar-refractivity contribution in [1.82, 2.24) is 14.8 Å². The van der Waals surface area contributed by atoms with Crippen molar-refractivity contribution < 1.29 is 4.74 Å². The number of aromatic nitrogens is 3. The Morgan fingerprint density at radius 1 is 1.44 bits per heavy atom. The number of nitrogens with two attached hydrogens (primary N) is 1. The second kappa shape index (κ2) is 4.48. The Kier molecular flexibility index (Phi) is 3.01. The lowest BCUT2D eigenvalue weighted by Crippen LogP contribution is -2.12. The standard InChI is InChI=1S/C12H15N5O/c1-7-11(8(2)17(3)16-7)18-9-4-5-15-10(6-9)12(13)14/h4-6H,1-3H3,(H3,13,14). The number of hydrogen-bond donors (Lipinski definition) is 2. The van der Waals surface area contributed by atoms with E-state index >= 15 is 0 Å². The summed E-state index contributed by atoms with van der Waals surface area (Å²) in [6.45, 7) is 3.82. The Hall–Kier alpha value is -2.37. The molecule has 0 bridgehead atoms. The van der Waals surface area contributed by atoms with Gasteiger partial charge in [-0.25, -0.2) is 0 Å². The average Bonchev–Trinajstić information content (AvgIpc) is 2.56. The average molecular weight is 245 g/mol. The molecule has 0 aromatic carbocycles. The van der Waals surface area contributed by atoms with E-state index in [1.165, 1.54) is 0 Å². The second-order valence-electron chi connectivity index (χ2n) is 4.02. The van der Waals surface area contributed by atoms with E-state index in [-0.39, 0.29) is 5.84 Å². The van der Waals surface area contributed by atoms with Crippen molar-refractivity contribution in [3.63, 3.8) is 0 Å². The van der Waals surface area contributed by atoms with Crippen LogP contribution in [0.2, 0.25) is 0 Å². The first-order valence-electron chi connectivity index (χ1n) is 5.47. The monoisotopic (exact) mass is 245 g/mol. The Labute approximate surface area is 105 Å². The molecule has 0 saturated heterocycles. The van der Waals surface area contributed by atoms with Crippen molar-refractivity contribution in [2.45, 2.75) is 13.8 Å². The summed E-state index contributed by atoms with van der Waals surface area (Å²) < 4.78 is 7.54. The number of nitrogen functional groups attached to an aromatic ring is 1. The summed E-state index contributed by atoms with van der Waals surface area (Å²) in [6.07, 6.45) is 1.56. The first-order valence-corrected chi connectivity index (χ1v) is 5.47. The molecule has 0 spiro atoms. The smallest absolute Gasteiger partial charge is 0.171 e. The summed E-state index contributed by atoms with van der Waals surface area (Å²) >= 11 is 0. The lowest BCUT2D eigenvalue weighted by molar-refractivity contribution is 0.473. The topological polar surface area (TPSA) is 89.8 Å². The molecule has 0 unspecified atom stereocenters. The third-order valence-corrected chi connectivity index (χ3v) is 2.67. The van der Waals surface area contributed by atoms with Gasteiger partial charge in [-0.1, -0.05) is 0 Å². The minimum Gasteiger partial charge on any atom is -0.453 e. The predicted molar refractivity (Wildman–Crippen MR) is 68.0 cm³/mol. The van der Waals surface area contributed by atoms with Gasteiger partial charge in [0, 0.05) is 19.3 Å². The molecular weight excluding hydrogens is 230 g/mol. The van der Waals surface area contributed by atoms with Gasteiger partial charge in [0.15, 0.2) is 5.75 Å². The number of nitrogens with one attached hydrogen (secondary N) is 1. The molecule has 0 fully saturated rings. The molecule has 2 aromatic heterocycles. The summed E-state index contributed by atoms with van der Waals surface area (Å²) in [5.41, 5.74) is 7.54. The predicted octanol–water partition coefficient (Wildman–Crippen LogP) is 1.51. The molecule has 18 heavy (non-hydrogen) atoms. The van der Waals surface area contributed by atoms with E-state index < -0.39 is 0 Å². The molecule has 2 aromatic rings. The van der Waals surface area contributed by atoms with Gasteiger partial charge in [-0.05, 0) is 19.9 Å². The zero-order valence-corrected chi connectivity index (χ0v) is 10.6. The normalized spacial score (nSPS) is 10.4. The van der Waals surface area contributed by atoms with Crippen LogP contribution in [-0.4, -0.2) is 20.6 Å². The van der Waals surface area contributed by atoms with Crippen LogP contribution in [0, 0.1) is 19.3 Å². The zero-order valence-electron chi connectivity index (χ0n) is 10.6. The maximum Gasteiger partial charge on any atom is 0.171 e. The van der Waals surface area contributed by atoms with Crippen LogP contribution in [0.5, 0.6) is 11.5 Å². The highest BCUT2D eigenvalue weighted by Crippen LogP contribution is 2.27. The van der Waals surface area contributed by atoms with Gasteiger partial charge in [0.05, 0.1) is 5.69 Å². The van der Waals surface area contributed by atoms with Crippen LogP contribution in [0.4, 0.5) is 0 Å². The van der Waals surface area contributed by atoms with Gasteiger partial charge in [-0.15, -0.1) is 0 Å². The van der Waals surface area contributed by atoms with Crippen molar-refractivity contribution in [2.24, 2.45) is 12.8 Å². The molecule has 6 heteroatoms. The van der Waals surface area contributed by atoms with Crippen molar-refractivity contribution in [3.05, 3.63) is 35.4 Å². The summed E-state index contributed by atoms with van der Waals surface area (Å²) in [6, 6.07) is 3.35. The first kappa shape index (κ1) is 12.1. The molecule has 0 aliphatic heterocycles. The van der Waals surface area contributed by atoms with E-state index in [0.717, 1.165) is 17.1 Å². The van der Waals surface area contributed by atoms with Crippen LogP contribution in [-0.2, 0) is 7.05 Å². The molecule has 2 rings (SSSR count). The zero-order chi connectivity index (χ0) is 13.3. The van der Waals surface area contributed by atoms with Gasteiger partial charge in [-0.3, -0.25) is 15.1 Å². The maximum absolute atomic E-state index is 7.34. The highest BCUT2D eigenvalue weighted by atomic mass is 16.5. The van der Waals surface area contributed by atoms with E-state index in [1.807, 2.05) is 20.9 Å². The number of pyridine rings is 1. The van der Waals surface area contributed by atoms with Crippen LogP contribution in [0.15, 0.2) is 18.3 Å². The quantitative estimate of drug-likeness (QED) is 0.633. The summed E-state index contributed by atoms with van der Waals surface area (Å²) in [5, 5.41) is 11.6. The van der Waals surface area contributed by atoms with Crippen LogP contribution >= 0.6 is 0 Å². The fourth-order valence-corrected chi connectivity index (χ4v) is 1.64. The third kappa shape index (κ3) is 2.17. The molecule has 0 aliphatic carbocycles. The molecule has 0 radical (unpaired) electrons. The number of hydrogen-bond acceptors (Lipinski definition) is 4. The van der Waals surface area contributed by atoms with Crippen molar-refractivity contribution >= 4 is 5.84 Å². The largest absolute Gasteiger partial charge is 0.453 e. The van der Waals surface area contributed by atoms with E-state index in [2.05, 4.69) is 10.1 Å².